The normalized spacial score (nSPS) is 13.6. The molecule has 0 unspecified atom stereocenters. The average Bonchev–Trinajstić information content (AvgIpc) is 2.11. The molecule has 0 rings (SSSR count). The lowest BCUT2D eigenvalue weighted by atomic mass is 10.2. The van der Waals surface area contributed by atoms with E-state index >= 15 is 0 Å². The Labute approximate surface area is 99.5 Å². The van der Waals surface area contributed by atoms with E-state index in [4.69, 9.17) is 9.47 Å². The van der Waals surface area contributed by atoms with Crippen LogP contribution < -0.4 is 0 Å². The number of hydrogen-bond acceptors (Lipinski definition) is 3. The molecule has 0 spiro atoms. The van der Waals surface area contributed by atoms with Crippen LogP contribution in [0.25, 0.3) is 0 Å². The predicted molar refractivity (Wildman–Crippen MR) is 65.4 cm³/mol. The summed E-state index contributed by atoms with van der Waals surface area (Å²) in [6.45, 7) is 10.3. The van der Waals surface area contributed by atoms with Crippen molar-refractivity contribution in [2.24, 2.45) is 0 Å². The van der Waals surface area contributed by atoms with Gasteiger partial charge in [-0.15, -0.1) is 0 Å². The van der Waals surface area contributed by atoms with E-state index in [9.17, 15) is 4.79 Å². The maximum atomic E-state index is 11.4. The van der Waals surface area contributed by atoms with E-state index in [1.54, 1.807) is 0 Å². The first-order valence-corrected chi connectivity index (χ1v) is 6.18. The van der Waals surface area contributed by atoms with Crippen molar-refractivity contribution in [1.82, 2.24) is 0 Å². The lowest BCUT2D eigenvalue weighted by Gasteiger charge is -2.19. The van der Waals surface area contributed by atoms with Gasteiger partial charge in [-0.1, -0.05) is 19.8 Å². The summed E-state index contributed by atoms with van der Waals surface area (Å²) >= 11 is 0. The molecule has 0 aliphatic carbocycles. The smallest absolute Gasteiger partial charge is 0.308 e. The highest BCUT2D eigenvalue weighted by Crippen LogP contribution is 2.09. The van der Waals surface area contributed by atoms with E-state index in [2.05, 4.69) is 6.92 Å². The van der Waals surface area contributed by atoms with Gasteiger partial charge in [-0.3, -0.25) is 4.79 Å². The molecule has 0 saturated carbocycles. The van der Waals surface area contributed by atoms with Gasteiger partial charge in [0.2, 0.25) is 0 Å². The van der Waals surface area contributed by atoms with Crippen molar-refractivity contribution in [1.29, 1.82) is 0 Å². The van der Waals surface area contributed by atoms with E-state index in [-0.39, 0.29) is 12.1 Å². The molecule has 0 aliphatic heterocycles. The topological polar surface area (TPSA) is 35.5 Å². The van der Waals surface area contributed by atoms with Gasteiger partial charge in [0.25, 0.3) is 0 Å². The van der Waals surface area contributed by atoms with Crippen LogP contribution in [0.5, 0.6) is 0 Å². The molecule has 0 heterocycles. The molecular formula is C13H26O3. The third-order valence-electron chi connectivity index (χ3n) is 2.09. The molecule has 3 nitrogen and oxygen atoms in total. The zero-order valence-electron chi connectivity index (χ0n) is 11.3. The standard InChI is InChI=1S/C13H26O3/c1-6-7-8-11(2)15-10-9-12(14)16-13(3,4)5/h11H,6-10H2,1-5H3/t11-/m0/s1. The minimum atomic E-state index is -0.398. The molecule has 96 valence electrons. The highest BCUT2D eigenvalue weighted by molar-refractivity contribution is 5.69. The first kappa shape index (κ1) is 15.4. The molecule has 0 radical (unpaired) electrons. The zero-order chi connectivity index (χ0) is 12.6. The number of esters is 1. The minimum Gasteiger partial charge on any atom is -0.460 e. The molecule has 0 aromatic heterocycles. The van der Waals surface area contributed by atoms with Crippen LogP contribution in [0.3, 0.4) is 0 Å². The molecule has 0 fully saturated rings. The second-order valence-electron chi connectivity index (χ2n) is 5.16. The molecule has 1 atom stereocenters. The monoisotopic (exact) mass is 230 g/mol. The Morgan fingerprint density at radius 1 is 1.31 bits per heavy atom. The number of unbranched alkanes of at least 4 members (excludes halogenated alkanes) is 1. The van der Waals surface area contributed by atoms with Gasteiger partial charge in [-0.05, 0) is 34.1 Å². The molecule has 0 N–H and O–H groups in total. The van der Waals surface area contributed by atoms with Gasteiger partial charge >= 0.3 is 5.97 Å². The Morgan fingerprint density at radius 2 is 1.94 bits per heavy atom. The SMILES string of the molecule is CCCC[C@H](C)OCCC(=O)OC(C)(C)C. The van der Waals surface area contributed by atoms with E-state index in [1.165, 1.54) is 12.8 Å². The lowest BCUT2D eigenvalue weighted by Crippen LogP contribution is -2.25. The first-order valence-electron chi connectivity index (χ1n) is 6.18. The average molecular weight is 230 g/mol. The Balaban J connectivity index is 3.54. The fraction of sp³-hybridized carbons (Fsp3) is 0.923. The molecule has 0 bridgehead atoms. The fourth-order valence-electron chi connectivity index (χ4n) is 1.31. The number of carbonyl (C=O) groups is 1. The van der Waals surface area contributed by atoms with Crippen molar-refractivity contribution in [2.45, 2.75) is 72.0 Å². The summed E-state index contributed by atoms with van der Waals surface area (Å²) in [4.78, 5) is 11.4. The molecule has 0 aromatic rings. The Morgan fingerprint density at radius 3 is 2.44 bits per heavy atom. The largest absolute Gasteiger partial charge is 0.460 e. The molecule has 3 heteroatoms. The molecule has 0 amide bonds. The van der Waals surface area contributed by atoms with Gasteiger partial charge < -0.3 is 9.47 Å². The van der Waals surface area contributed by atoms with E-state index in [1.807, 2.05) is 27.7 Å². The third kappa shape index (κ3) is 9.97. The maximum absolute atomic E-state index is 11.4. The quantitative estimate of drug-likeness (QED) is 0.629. The molecule has 0 saturated heterocycles. The van der Waals surface area contributed by atoms with Crippen molar-refractivity contribution in [3.05, 3.63) is 0 Å². The highest BCUT2D eigenvalue weighted by Gasteiger charge is 2.16. The number of carbonyl (C=O) groups excluding carboxylic acids is 1. The molecule has 0 aliphatic rings. The van der Waals surface area contributed by atoms with Crippen LogP contribution in [-0.4, -0.2) is 24.3 Å². The van der Waals surface area contributed by atoms with Crippen LogP contribution in [0.2, 0.25) is 0 Å². The maximum Gasteiger partial charge on any atom is 0.308 e. The lowest BCUT2D eigenvalue weighted by molar-refractivity contribution is -0.156. The van der Waals surface area contributed by atoms with Gasteiger partial charge in [-0.2, -0.15) is 0 Å². The first-order chi connectivity index (χ1) is 7.35. The summed E-state index contributed by atoms with van der Waals surface area (Å²) < 4.78 is 10.7. The van der Waals surface area contributed by atoms with Crippen LogP contribution in [0.1, 0.15) is 60.3 Å². The van der Waals surface area contributed by atoms with Crippen molar-refractivity contribution in [2.75, 3.05) is 6.61 Å². The third-order valence-corrected chi connectivity index (χ3v) is 2.09. The van der Waals surface area contributed by atoms with Gasteiger partial charge in [0.1, 0.15) is 5.60 Å². The van der Waals surface area contributed by atoms with Crippen LogP contribution in [0.4, 0.5) is 0 Å². The number of rotatable bonds is 7. The predicted octanol–water partition coefficient (Wildman–Crippen LogP) is 3.31. The van der Waals surface area contributed by atoms with Crippen molar-refractivity contribution in [3.8, 4) is 0 Å². The summed E-state index contributed by atoms with van der Waals surface area (Å²) in [5.41, 5.74) is -0.398. The Hall–Kier alpha value is -0.570. The minimum absolute atomic E-state index is 0.185. The summed E-state index contributed by atoms with van der Waals surface area (Å²) in [5, 5.41) is 0. The van der Waals surface area contributed by atoms with E-state index < -0.39 is 5.60 Å². The van der Waals surface area contributed by atoms with Crippen LogP contribution >= 0.6 is 0 Å². The van der Waals surface area contributed by atoms with E-state index in [0.717, 1.165) is 6.42 Å². The van der Waals surface area contributed by atoms with Crippen LogP contribution in [-0.2, 0) is 14.3 Å². The number of hydrogen-bond donors (Lipinski definition) is 0. The van der Waals surface area contributed by atoms with Gasteiger partial charge in [0, 0.05) is 0 Å². The van der Waals surface area contributed by atoms with Crippen LogP contribution in [0.15, 0.2) is 0 Å². The van der Waals surface area contributed by atoms with Gasteiger partial charge in [-0.25, -0.2) is 0 Å². The second kappa shape index (κ2) is 7.66. The fourth-order valence-corrected chi connectivity index (χ4v) is 1.31. The molecular weight excluding hydrogens is 204 g/mol. The highest BCUT2D eigenvalue weighted by atomic mass is 16.6. The molecule has 0 aromatic carbocycles. The second-order valence-corrected chi connectivity index (χ2v) is 5.16. The van der Waals surface area contributed by atoms with E-state index in [0.29, 0.717) is 13.0 Å². The number of ether oxygens (including phenoxy) is 2. The van der Waals surface area contributed by atoms with Gasteiger partial charge in [0.05, 0.1) is 19.1 Å². The summed E-state index contributed by atoms with van der Waals surface area (Å²) in [6.07, 6.45) is 3.99. The Bertz CT molecular complexity index is 194. The Kier molecular flexibility index (Phi) is 7.39. The summed E-state index contributed by atoms with van der Waals surface area (Å²) in [6, 6.07) is 0. The molecule has 16 heavy (non-hydrogen) atoms. The zero-order valence-corrected chi connectivity index (χ0v) is 11.3. The summed E-state index contributed by atoms with van der Waals surface area (Å²) in [5.74, 6) is -0.185. The van der Waals surface area contributed by atoms with Crippen molar-refractivity contribution < 1.29 is 14.3 Å². The van der Waals surface area contributed by atoms with Crippen molar-refractivity contribution >= 4 is 5.97 Å². The van der Waals surface area contributed by atoms with Crippen LogP contribution in [0, 0.1) is 0 Å². The van der Waals surface area contributed by atoms with Crippen molar-refractivity contribution in [3.63, 3.8) is 0 Å². The van der Waals surface area contributed by atoms with Gasteiger partial charge in [0.15, 0.2) is 0 Å². The summed E-state index contributed by atoms with van der Waals surface area (Å²) in [7, 11) is 0.